The Morgan fingerprint density at radius 3 is 2.58 bits per heavy atom. The van der Waals surface area contributed by atoms with Crippen molar-refractivity contribution in [1.82, 2.24) is 0 Å². The van der Waals surface area contributed by atoms with Crippen molar-refractivity contribution >= 4 is 5.71 Å². The minimum Gasteiger partial charge on any atom is -0.305 e. The molecular formula is C18H23N. The van der Waals surface area contributed by atoms with Crippen LogP contribution in [0.4, 0.5) is 0 Å². The molecule has 0 amide bonds. The van der Waals surface area contributed by atoms with E-state index in [1.165, 1.54) is 11.1 Å². The van der Waals surface area contributed by atoms with E-state index in [9.17, 15) is 0 Å². The quantitative estimate of drug-likeness (QED) is 0.313. The highest BCUT2D eigenvalue weighted by Crippen LogP contribution is 2.12. The van der Waals surface area contributed by atoms with E-state index < -0.39 is 0 Å². The first-order valence-electron chi connectivity index (χ1n) is 6.93. The molecule has 1 rings (SSSR count). The molecule has 1 aromatic carbocycles. The van der Waals surface area contributed by atoms with Crippen LogP contribution in [0.15, 0.2) is 35.9 Å². The smallest absolute Gasteiger partial charge is 0.0383 e. The number of unbranched alkanes of at least 4 members (excludes halogenated alkanes) is 1. The van der Waals surface area contributed by atoms with Crippen LogP contribution in [-0.2, 0) is 6.42 Å². The molecule has 0 saturated heterocycles. The number of aryl methyl sites for hydroxylation is 1. The van der Waals surface area contributed by atoms with E-state index in [1.54, 1.807) is 0 Å². The topological polar surface area (TPSA) is 23.9 Å². The highest BCUT2D eigenvalue weighted by atomic mass is 14.4. The average molecular weight is 253 g/mol. The molecule has 0 radical (unpaired) electrons. The Morgan fingerprint density at radius 1 is 1.32 bits per heavy atom. The number of rotatable bonds is 7. The highest BCUT2D eigenvalue weighted by Gasteiger charge is 1.99. The summed E-state index contributed by atoms with van der Waals surface area (Å²) in [5.74, 6) is 2.65. The van der Waals surface area contributed by atoms with Crippen molar-refractivity contribution in [3.63, 3.8) is 0 Å². The minimum absolute atomic E-state index is 0.705. The molecule has 0 atom stereocenters. The number of hydrogen-bond donors (Lipinski definition) is 1. The molecule has 0 aliphatic rings. The van der Waals surface area contributed by atoms with E-state index in [0.29, 0.717) is 5.71 Å². The number of terminal acetylenes is 1. The molecule has 0 unspecified atom stereocenters. The molecule has 0 bridgehead atoms. The lowest BCUT2D eigenvalue weighted by Crippen LogP contribution is -1.96. The van der Waals surface area contributed by atoms with E-state index in [1.807, 2.05) is 6.92 Å². The maximum Gasteiger partial charge on any atom is 0.0383 e. The van der Waals surface area contributed by atoms with Crippen molar-refractivity contribution in [3.8, 4) is 12.3 Å². The second-order valence-electron chi connectivity index (χ2n) is 4.82. The van der Waals surface area contributed by atoms with Gasteiger partial charge in [0.05, 0.1) is 0 Å². The van der Waals surface area contributed by atoms with Crippen LogP contribution in [0.3, 0.4) is 0 Å². The normalized spacial score (nSPS) is 11.1. The van der Waals surface area contributed by atoms with Gasteiger partial charge < -0.3 is 5.41 Å². The molecule has 0 aromatic heterocycles. The molecule has 0 spiro atoms. The zero-order valence-electron chi connectivity index (χ0n) is 12.0. The van der Waals surface area contributed by atoms with Crippen LogP contribution in [0.25, 0.3) is 0 Å². The molecule has 0 fully saturated rings. The predicted octanol–water partition coefficient (Wildman–Crippen LogP) is 4.76. The van der Waals surface area contributed by atoms with Gasteiger partial charge in [-0.2, -0.15) is 0 Å². The molecule has 1 N–H and O–H groups in total. The monoisotopic (exact) mass is 253 g/mol. The number of allylic oxidation sites excluding steroid dienone is 2. The third-order valence-corrected chi connectivity index (χ3v) is 3.25. The van der Waals surface area contributed by atoms with Crippen molar-refractivity contribution in [2.24, 2.45) is 0 Å². The van der Waals surface area contributed by atoms with Gasteiger partial charge in [-0.05, 0) is 43.7 Å². The van der Waals surface area contributed by atoms with Gasteiger partial charge in [0.15, 0.2) is 0 Å². The molecule has 1 aromatic rings. The second-order valence-corrected chi connectivity index (χ2v) is 4.82. The minimum atomic E-state index is 0.705. The largest absolute Gasteiger partial charge is 0.305 e. The van der Waals surface area contributed by atoms with Gasteiger partial charge in [-0.3, -0.25) is 0 Å². The second kappa shape index (κ2) is 8.32. The van der Waals surface area contributed by atoms with Gasteiger partial charge in [-0.25, -0.2) is 0 Å². The summed E-state index contributed by atoms with van der Waals surface area (Å²) < 4.78 is 0. The summed E-state index contributed by atoms with van der Waals surface area (Å²) in [5, 5.41) is 7.79. The Morgan fingerprint density at radius 2 is 2.00 bits per heavy atom. The standard InChI is InChI=1S/C18H23N/c1-4-6-7-8-15(3)9-10-16-11-13-17(14-12-16)18(19)5-2/h1,8,11-14,19H,5-7,9-10H2,2-3H3/b15-8+,19-18?. The molecule has 0 aliphatic carbocycles. The van der Waals surface area contributed by atoms with Crippen molar-refractivity contribution in [1.29, 1.82) is 5.41 Å². The Bertz CT molecular complexity index is 471. The number of benzene rings is 1. The molecule has 0 aliphatic heterocycles. The lowest BCUT2D eigenvalue weighted by atomic mass is 10.0. The molecule has 100 valence electrons. The highest BCUT2D eigenvalue weighted by molar-refractivity contribution is 5.97. The van der Waals surface area contributed by atoms with Gasteiger partial charge in [-0.15, -0.1) is 12.3 Å². The van der Waals surface area contributed by atoms with E-state index in [4.69, 9.17) is 11.8 Å². The van der Waals surface area contributed by atoms with Gasteiger partial charge in [0, 0.05) is 12.1 Å². The SMILES string of the molecule is C#CCC/C=C(\C)CCc1ccc(C(=N)CC)cc1. The van der Waals surface area contributed by atoms with Gasteiger partial charge in [0.2, 0.25) is 0 Å². The van der Waals surface area contributed by atoms with Crippen LogP contribution >= 0.6 is 0 Å². The number of hydrogen-bond acceptors (Lipinski definition) is 1. The maximum atomic E-state index is 7.79. The Kier molecular flexibility index (Phi) is 6.68. The summed E-state index contributed by atoms with van der Waals surface area (Å²) in [5.41, 5.74) is 4.47. The summed E-state index contributed by atoms with van der Waals surface area (Å²) in [7, 11) is 0. The summed E-state index contributed by atoms with van der Waals surface area (Å²) in [6.45, 7) is 4.18. The van der Waals surface area contributed by atoms with Crippen molar-refractivity contribution in [2.45, 2.75) is 46.0 Å². The van der Waals surface area contributed by atoms with Crippen molar-refractivity contribution in [2.75, 3.05) is 0 Å². The summed E-state index contributed by atoms with van der Waals surface area (Å²) in [6.07, 6.45) is 12.2. The van der Waals surface area contributed by atoms with Crippen LogP contribution in [0.2, 0.25) is 0 Å². The molecular weight excluding hydrogens is 230 g/mol. The summed E-state index contributed by atoms with van der Waals surface area (Å²) in [6, 6.07) is 8.37. The first kappa shape index (κ1) is 15.2. The lowest BCUT2D eigenvalue weighted by Gasteiger charge is -2.05. The Balaban J connectivity index is 2.48. The van der Waals surface area contributed by atoms with Crippen LogP contribution in [0.1, 0.15) is 50.7 Å². The van der Waals surface area contributed by atoms with Crippen LogP contribution in [0, 0.1) is 17.8 Å². The van der Waals surface area contributed by atoms with Crippen LogP contribution in [-0.4, -0.2) is 5.71 Å². The Labute approximate surface area is 117 Å². The fraction of sp³-hybridized carbons (Fsp3) is 0.389. The molecule has 19 heavy (non-hydrogen) atoms. The van der Waals surface area contributed by atoms with Crippen LogP contribution < -0.4 is 0 Å². The summed E-state index contributed by atoms with van der Waals surface area (Å²) >= 11 is 0. The first-order chi connectivity index (χ1) is 9.17. The average Bonchev–Trinajstić information content (AvgIpc) is 2.45. The van der Waals surface area contributed by atoms with E-state index >= 15 is 0 Å². The maximum absolute atomic E-state index is 7.79. The van der Waals surface area contributed by atoms with Gasteiger partial charge in [0.25, 0.3) is 0 Å². The fourth-order valence-electron chi connectivity index (χ4n) is 1.92. The molecule has 0 heterocycles. The van der Waals surface area contributed by atoms with Gasteiger partial charge in [0.1, 0.15) is 0 Å². The van der Waals surface area contributed by atoms with Gasteiger partial charge in [-0.1, -0.05) is 42.8 Å². The number of nitrogens with one attached hydrogen (secondary N) is 1. The molecule has 0 saturated carbocycles. The molecule has 1 heteroatoms. The van der Waals surface area contributed by atoms with Crippen molar-refractivity contribution < 1.29 is 0 Å². The zero-order chi connectivity index (χ0) is 14.1. The van der Waals surface area contributed by atoms with Crippen molar-refractivity contribution in [3.05, 3.63) is 47.0 Å². The lowest BCUT2D eigenvalue weighted by molar-refractivity contribution is 0.921. The zero-order valence-corrected chi connectivity index (χ0v) is 12.0. The molecule has 1 nitrogen and oxygen atoms in total. The third kappa shape index (κ3) is 5.57. The Hall–Kier alpha value is -1.81. The van der Waals surface area contributed by atoms with E-state index in [0.717, 1.165) is 37.7 Å². The van der Waals surface area contributed by atoms with Gasteiger partial charge >= 0.3 is 0 Å². The van der Waals surface area contributed by atoms with E-state index in [-0.39, 0.29) is 0 Å². The summed E-state index contributed by atoms with van der Waals surface area (Å²) in [4.78, 5) is 0. The van der Waals surface area contributed by atoms with E-state index in [2.05, 4.69) is 43.2 Å². The fourth-order valence-corrected chi connectivity index (χ4v) is 1.92. The first-order valence-corrected chi connectivity index (χ1v) is 6.93. The third-order valence-electron chi connectivity index (χ3n) is 3.25. The van der Waals surface area contributed by atoms with Crippen LogP contribution in [0.5, 0.6) is 0 Å². The predicted molar refractivity (Wildman–Crippen MR) is 83.7 cm³/mol.